The average molecular weight is 767 g/mol. The van der Waals surface area contributed by atoms with Crippen LogP contribution in [0.5, 0.6) is 11.5 Å². The monoisotopic (exact) mass is 766 g/mol. The number of anilines is 1. The van der Waals surface area contributed by atoms with Gasteiger partial charge in [0.15, 0.2) is 11.5 Å². The molecule has 1 N–H and O–H groups in total. The molecule has 4 bridgehead atoms. The van der Waals surface area contributed by atoms with Gasteiger partial charge in [-0.3, -0.25) is 14.9 Å². The van der Waals surface area contributed by atoms with Gasteiger partial charge in [-0.25, -0.2) is 9.69 Å². The summed E-state index contributed by atoms with van der Waals surface area (Å²) in [7, 11) is 1.54. The number of amides is 4. The van der Waals surface area contributed by atoms with Crippen molar-refractivity contribution in [2.75, 3.05) is 12.0 Å². The van der Waals surface area contributed by atoms with Crippen LogP contribution >= 0.6 is 38.5 Å². The number of hydrogen-bond acceptors (Lipinski definition) is 5. The van der Waals surface area contributed by atoms with Gasteiger partial charge in [0.25, 0.3) is 11.8 Å². The number of hydrogen-bond donors (Lipinski definition) is 1. The number of urea groups is 1. The lowest BCUT2D eigenvalue weighted by molar-refractivity contribution is -0.122. The molecule has 4 saturated carbocycles. The molecule has 4 aliphatic carbocycles. The van der Waals surface area contributed by atoms with Crippen LogP contribution in [0.15, 0.2) is 70.7 Å². The van der Waals surface area contributed by atoms with Crippen molar-refractivity contribution < 1.29 is 23.9 Å². The second-order valence-corrected chi connectivity index (χ2v) is 14.7. The number of barbiturate groups is 1. The van der Waals surface area contributed by atoms with Crippen molar-refractivity contribution >= 4 is 68.1 Å². The first-order valence-electron chi connectivity index (χ1n) is 15.0. The highest BCUT2D eigenvalue weighted by molar-refractivity contribution is 14.1. The molecule has 0 unspecified atom stereocenters. The zero-order valence-corrected chi connectivity index (χ0v) is 28.0. The fraction of sp³-hybridized carbons (Fsp3) is 0.343. The predicted octanol–water partition coefficient (Wildman–Crippen LogP) is 7.78. The Morgan fingerprint density at radius 1 is 0.955 bits per heavy atom. The van der Waals surface area contributed by atoms with Crippen LogP contribution in [-0.4, -0.2) is 25.0 Å². The molecule has 226 valence electrons. The molecule has 0 atom stereocenters. The second-order valence-electron chi connectivity index (χ2n) is 12.7. The zero-order valence-electron chi connectivity index (χ0n) is 24.3. The Morgan fingerprint density at radius 2 is 1.59 bits per heavy atom. The van der Waals surface area contributed by atoms with Crippen LogP contribution in [0, 0.1) is 21.3 Å². The summed E-state index contributed by atoms with van der Waals surface area (Å²) in [5.74, 6) is 2.11. The van der Waals surface area contributed by atoms with Gasteiger partial charge in [0.2, 0.25) is 0 Å². The summed E-state index contributed by atoms with van der Waals surface area (Å²) in [5.41, 5.74) is 3.41. The maximum absolute atomic E-state index is 13.7. The van der Waals surface area contributed by atoms with Crippen LogP contribution in [-0.2, 0) is 21.6 Å². The summed E-state index contributed by atoms with van der Waals surface area (Å²) in [6.07, 6.45) is 9.31. The number of rotatable bonds is 7. The van der Waals surface area contributed by atoms with Gasteiger partial charge in [0, 0.05) is 4.47 Å². The molecule has 9 heteroatoms. The largest absolute Gasteiger partial charge is 0.493 e. The number of imide groups is 2. The summed E-state index contributed by atoms with van der Waals surface area (Å²) in [5, 5.41) is 2.35. The fourth-order valence-electron chi connectivity index (χ4n) is 8.19. The molecule has 3 aromatic rings. The normalized spacial score (nSPS) is 26.7. The molecule has 0 aromatic heterocycles. The fourth-order valence-corrected chi connectivity index (χ4v) is 9.23. The molecule has 5 aliphatic rings. The molecule has 1 aliphatic heterocycles. The molecule has 0 radical (unpaired) electrons. The standard InChI is InChI=1S/C35H32BrIN2O5/c1-43-30-15-21(14-29(37)31(30)44-19-20-2-6-26(36)7-3-20)13-28-32(40)38-34(42)39(33(28)41)27-8-4-25(5-9-27)35-16-22-10-23(17-35)12-24(11-22)18-35/h2-9,13-15,22-24H,10-12,16-19H2,1H3,(H,38,40,42)/b28-13+. The molecule has 5 fully saturated rings. The quantitative estimate of drug-likeness (QED) is 0.151. The third-order valence-electron chi connectivity index (χ3n) is 9.74. The van der Waals surface area contributed by atoms with E-state index in [2.05, 4.69) is 56.0 Å². The molecule has 3 aromatic carbocycles. The highest BCUT2D eigenvalue weighted by Gasteiger charge is 2.51. The summed E-state index contributed by atoms with van der Waals surface area (Å²) in [6.45, 7) is 0.347. The molecule has 44 heavy (non-hydrogen) atoms. The van der Waals surface area contributed by atoms with E-state index in [4.69, 9.17) is 9.47 Å². The van der Waals surface area contributed by atoms with Gasteiger partial charge < -0.3 is 9.47 Å². The van der Waals surface area contributed by atoms with Crippen molar-refractivity contribution in [3.05, 3.63) is 91.0 Å². The van der Waals surface area contributed by atoms with Gasteiger partial charge in [-0.05, 0) is 143 Å². The van der Waals surface area contributed by atoms with E-state index in [1.54, 1.807) is 13.2 Å². The van der Waals surface area contributed by atoms with E-state index < -0.39 is 17.8 Å². The maximum Gasteiger partial charge on any atom is 0.335 e. The molecular weight excluding hydrogens is 735 g/mol. The summed E-state index contributed by atoms with van der Waals surface area (Å²) < 4.78 is 13.4. The number of benzene rings is 3. The topological polar surface area (TPSA) is 84.9 Å². The highest BCUT2D eigenvalue weighted by Crippen LogP contribution is 2.60. The minimum Gasteiger partial charge on any atom is -0.493 e. The Bertz CT molecular complexity index is 1650. The van der Waals surface area contributed by atoms with E-state index >= 15 is 0 Å². The SMILES string of the molecule is COc1cc(/C=C2\C(=O)NC(=O)N(c3ccc(C45CC6CC(CC(C6)C4)C5)cc3)C2=O)cc(I)c1OCc1ccc(Br)cc1. The van der Waals surface area contributed by atoms with Gasteiger partial charge in [0.05, 0.1) is 16.4 Å². The Labute approximate surface area is 278 Å². The number of methoxy groups -OCH3 is 1. The smallest absolute Gasteiger partial charge is 0.335 e. The van der Waals surface area contributed by atoms with Crippen molar-refractivity contribution in [3.63, 3.8) is 0 Å². The van der Waals surface area contributed by atoms with Crippen molar-refractivity contribution in [1.29, 1.82) is 0 Å². The number of carbonyl (C=O) groups excluding carboxylic acids is 3. The number of halogens is 2. The van der Waals surface area contributed by atoms with Crippen molar-refractivity contribution in [2.24, 2.45) is 17.8 Å². The summed E-state index contributed by atoms with van der Waals surface area (Å²) >= 11 is 5.59. The van der Waals surface area contributed by atoms with Gasteiger partial charge in [-0.2, -0.15) is 0 Å². The Hall–Kier alpha value is -3.18. The Morgan fingerprint density at radius 3 is 2.20 bits per heavy atom. The Balaban J connectivity index is 1.13. The second kappa shape index (κ2) is 11.6. The first-order valence-corrected chi connectivity index (χ1v) is 16.9. The highest BCUT2D eigenvalue weighted by atomic mass is 127. The van der Waals surface area contributed by atoms with E-state index in [0.29, 0.717) is 29.4 Å². The third-order valence-corrected chi connectivity index (χ3v) is 11.1. The van der Waals surface area contributed by atoms with E-state index in [9.17, 15) is 14.4 Å². The number of ether oxygens (including phenoxy) is 2. The molecule has 7 nitrogen and oxygen atoms in total. The van der Waals surface area contributed by atoms with Gasteiger partial charge >= 0.3 is 6.03 Å². The summed E-state index contributed by atoms with van der Waals surface area (Å²) in [6, 6.07) is 18.5. The van der Waals surface area contributed by atoms with E-state index in [1.165, 1.54) is 50.2 Å². The van der Waals surface area contributed by atoms with Gasteiger partial charge in [-0.1, -0.05) is 40.2 Å². The third kappa shape index (κ3) is 5.46. The van der Waals surface area contributed by atoms with Crippen LogP contribution in [0.4, 0.5) is 10.5 Å². The number of carbonyl (C=O) groups is 3. The lowest BCUT2D eigenvalue weighted by atomic mass is 9.48. The lowest BCUT2D eigenvalue weighted by Crippen LogP contribution is -2.54. The van der Waals surface area contributed by atoms with Crippen LogP contribution in [0.2, 0.25) is 0 Å². The molecular formula is C35H32BrIN2O5. The average Bonchev–Trinajstić information content (AvgIpc) is 2.99. The number of nitrogens with zero attached hydrogens (tertiary/aromatic N) is 1. The zero-order chi connectivity index (χ0) is 30.6. The van der Waals surface area contributed by atoms with Gasteiger partial charge in [-0.15, -0.1) is 0 Å². The van der Waals surface area contributed by atoms with Crippen molar-refractivity contribution in [2.45, 2.75) is 50.5 Å². The van der Waals surface area contributed by atoms with Crippen molar-refractivity contribution in [3.8, 4) is 11.5 Å². The van der Waals surface area contributed by atoms with E-state index in [-0.39, 0.29) is 11.0 Å². The minimum atomic E-state index is -0.747. The lowest BCUT2D eigenvalue weighted by Gasteiger charge is -2.57. The first-order chi connectivity index (χ1) is 21.2. The van der Waals surface area contributed by atoms with E-state index in [1.807, 2.05) is 42.5 Å². The maximum atomic E-state index is 13.7. The molecule has 4 amide bonds. The molecule has 1 saturated heterocycles. The predicted molar refractivity (Wildman–Crippen MR) is 179 cm³/mol. The van der Waals surface area contributed by atoms with Gasteiger partial charge in [0.1, 0.15) is 12.2 Å². The van der Waals surface area contributed by atoms with E-state index in [0.717, 1.165) is 36.3 Å². The van der Waals surface area contributed by atoms with Crippen LogP contribution < -0.4 is 19.7 Å². The molecule has 0 spiro atoms. The van der Waals surface area contributed by atoms with Crippen LogP contribution in [0.1, 0.15) is 55.2 Å². The number of nitrogens with one attached hydrogen (secondary N) is 1. The molecule has 8 rings (SSSR count). The van der Waals surface area contributed by atoms with Crippen LogP contribution in [0.3, 0.4) is 0 Å². The van der Waals surface area contributed by atoms with Crippen molar-refractivity contribution in [1.82, 2.24) is 5.32 Å². The molecule has 1 heterocycles. The minimum absolute atomic E-state index is 0.129. The summed E-state index contributed by atoms with van der Waals surface area (Å²) in [4.78, 5) is 40.5. The first kappa shape index (κ1) is 29.5. The Kier molecular flexibility index (Phi) is 7.81. The van der Waals surface area contributed by atoms with Crippen LogP contribution in [0.25, 0.3) is 6.08 Å².